The number of carbonyl (C=O) groups excluding carboxylic acids is 2. The molecular weight excluding hydrogens is 637 g/mol. The van der Waals surface area contributed by atoms with Gasteiger partial charge in [0.15, 0.2) is 0 Å². The summed E-state index contributed by atoms with van der Waals surface area (Å²) in [6.45, 7) is 3.16. The standard InChI is InChI=1S/C33H39Cl2N3O4S2/c1-4-31(33(40)36-24-9-6-5-7-10-24)37(21-28-29(34)11-8-12-30(28)35)32(39)22-38(25-15-13-23(2)14-16-25)44(41,42)27-19-17-26(43-3)18-20-27/h8,11-20,24,31H,4-7,9-10,21-22H2,1-3H3,(H,36,40)/t31-/m0/s1. The highest BCUT2D eigenvalue weighted by Crippen LogP contribution is 2.30. The second-order valence-electron chi connectivity index (χ2n) is 11.0. The fourth-order valence-electron chi connectivity index (χ4n) is 5.43. The molecule has 4 rings (SSSR count). The molecule has 44 heavy (non-hydrogen) atoms. The maximum absolute atomic E-state index is 14.3. The molecule has 1 fully saturated rings. The van der Waals surface area contributed by atoms with Crippen molar-refractivity contribution in [3.8, 4) is 0 Å². The molecule has 1 saturated carbocycles. The lowest BCUT2D eigenvalue weighted by molar-refractivity contribution is -0.140. The first-order chi connectivity index (χ1) is 21.0. The van der Waals surface area contributed by atoms with Crippen molar-refractivity contribution in [1.82, 2.24) is 10.2 Å². The zero-order valence-corrected chi connectivity index (χ0v) is 28.4. The molecule has 3 aromatic rings. The van der Waals surface area contributed by atoms with Crippen LogP contribution in [0.15, 0.2) is 76.5 Å². The third-order valence-corrected chi connectivity index (χ3v) is 11.2. The molecule has 0 aliphatic heterocycles. The molecule has 0 radical (unpaired) electrons. The number of rotatable bonds is 12. The van der Waals surface area contributed by atoms with E-state index in [0.717, 1.165) is 46.9 Å². The second-order valence-corrected chi connectivity index (χ2v) is 14.6. The van der Waals surface area contributed by atoms with Crippen molar-refractivity contribution in [3.63, 3.8) is 0 Å². The second kappa shape index (κ2) is 15.5. The van der Waals surface area contributed by atoms with E-state index >= 15 is 0 Å². The lowest BCUT2D eigenvalue weighted by atomic mass is 9.95. The number of anilines is 1. The number of benzene rings is 3. The van der Waals surface area contributed by atoms with E-state index in [9.17, 15) is 18.0 Å². The number of halogens is 2. The number of nitrogens with zero attached hydrogens (tertiary/aromatic N) is 2. The van der Waals surface area contributed by atoms with Crippen molar-refractivity contribution in [2.75, 3.05) is 17.1 Å². The zero-order chi connectivity index (χ0) is 31.9. The third kappa shape index (κ3) is 8.30. The van der Waals surface area contributed by atoms with E-state index in [1.165, 1.54) is 16.7 Å². The number of amides is 2. The SMILES string of the molecule is CC[C@@H](C(=O)NC1CCCCC1)N(Cc1c(Cl)cccc1Cl)C(=O)CN(c1ccc(C)cc1)S(=O)(=O)c1ccc(SC)cc1. The van der Waals surface area contributed by atoms with Crippen molar-refractivity contribution in [1.29, 1.82) is 0 Å². The summed E-state index contributed by atoms with van der Waals surface area (Å²) >= 11 is 14.6. The van der Waals surface area contributed by atoms with Crippen LogP contribution in [0.1, 0.15) is 56.6 Å². The largest absolute Gasteiger partial charge is 0.352 e. The number of aryl methyl sites for hydroxylation is 1. The smallest absolute Gasteiger partial charge is 0.264 e. The molecule has 1 aliphatic carbocycles. The van der Waals surface area contributed by atoms with Gasteiger partial charge in [-0.1, -0.05) is 73.2 Å². The van der Waals surface area contributed by atoms with Crippen LogP contribution in [0.3, 0.4) is 0 Å². The summed E-state index contributed by atoms with van der Waals surface area (Å²) < 4.78 is 29.3. The Morgan fingerprint density at radius 1 is 0.955 bits per heavy atom. The van der Waals surface area contributed by atoms with E-state index in [1.807, 2.05) is 20.1 Å². The summed E-state index contributed by atoms with van der Waals surface area (Å²) in [5.74, 6) is -0.815. The van der Waals surface area contributed by atoms with Gasteiger partial charge >= 0.3 is 0 Å². The highest BCUT2D eigenvalue weighted by atomic mass is 35.5. The Bertz CT molecular complexity index is 1520. The van der Waals surface area contributed by atoms with E-state index in [0.29, 0.717) is 27.7 Å². The van der Waals surface area contributed by atoms with Crippen molar-refractivity contribution in [2.24, 2.45) is 0 Å². The number of nitrogens with one attached hydrogen (secondary N) is 1. The average molecular weight is 677 g/mol. The molecule has 0 aromatic heterocycles. The molecule has 1 N–H and O–H groups in total. The highest BCUT2D eigenvalue weighted by Gasteiger charge is 2.35. The molecule has 3 aromatic carbocycles. The summed E-state index contributed by atoms with van der Waals surface area (Å²) in [5, 5.41) is 3.86. The van der Waals surface area contributed by atoms with Gasteiger partial charge in [0.05, 0.1) is 10.6 Å². The summed E-state index contributed by atoms with van der Waals surface area (Å²) in [4.78, 5) is 30.5. The summed E-state index contributed by atoms with van der Waals surface area (Å²) in [6, 6.07) is 17.8. The van der Waals surface area contributed by atoms with E-state index in [2.05, 4.69) is 5.32 Å². The van der Waals surface area contributed by atoms with E-state index in [4.69, 9.17) is 23.2 Å². The summed E-state index contributed by atoms with van der Waals surface area (Å²) in [5.41, 5.74) is 1.78. The van der Waals surface area contributed by atoms with Crippen molar-refractivity contribution >= 4 is 62.5 Å². The molecule has 236 valence electrons. The predicted molar refractivity (Wildman–Crippen MR) is 180 cm³/mol. The molecule has 0 heterocycles. The molecule has 1 atom stereocenters. The maximum Gasteiger partial charge on any atom is 0.264 e. The van der Waals surface area contributed by atoms with Gasteiger partial charge in [0.2, 0.25) is 11.8 Å². The van der Waals surface area contributed by atoms with Gasteiger partial charge in [-0.3, -0.25) is 13.9 Å². The minimum Gasteiger partial charge on any atom is -0.352 e. The van der Waals surface area contributed by atoms with Crippen LogP contribution in [0, 0.1) is 6.92 Å². The fourth-order valence-corrected chi connectivity index (χ4v) is 7.77. The van der Waals surface area contributed by atoms with E-state index in [-0.39, 0.29) is 23.4 Å². The monoisotopic (exact) mass is 675 g/mol. The number of carbonyl (C=O) groups is 2. The number of sulfonamides is 1. The van der Waals surface area contributed by atoms with Gasteiger partial charge in [-0.05, 0) is 81.0 Å². The van der Waals surface area contributed by atoms with Crippen LogP contribution in [0.2, 0.25) is 10.0 Å². The molecule has 7 nitrogen and oxygen atoms in total. The van der Waals surface area contributed by atoms with E-state index < -0.39 is 28.5 Å². The fraction of sp³-hybridized carbons (Fsp3) is 0.394. The highest BCUT2D eigenvalue weighted by molar-refractivity contribution is 7.98. The Morgan fingerprint density at radius 3 is 2.14 bits per heavy atom. The Morgan fingerprint density at radius 2 is 1.57 bits per heavy atom. The van der Waals surface area contributed by atoms with Crippen LogP contribution in [-0.4, -0.2) is 50.0 Å². The quantitative estimate of drug-likeness (QED) is 0.201. The Balaban J connectivity index is 1.73. The van der Waals surface area contributed by atoms with Gasteiger partial charge in [0.1, 0.15) is 12.6 Å². The number of hydrogen-bond donors (Lipinski definition) is 1. The summed E-state index contributed by atoms with van der Waals surface area (Å²) in [6.07, 6.45) is 7.24. The minimum absolute atomic E-state index is 0.0415. The Hall–Kier alpha value is -2.72. The lowest BCUT2D eigenvalue weighted by Crippen LogP contribution is -2.54. The van der Waals surface area contributed by atoms with Gasteiger partial charge in [-0.25, -0.2) is 8.42 Å². The molecule has 0 unspecified atom stereocenters. The molecule has 0 bridgehead atoms. The molecule has 1 aliphatic rings. The van der Waals surface area contributed by atoms with Gasteiger partial charge in [0.25, 0.3) is 10.0 Å². The van der Waals surface area contributed by atoms with Crippen LogP contribution in [0.25, 0.3) is 0 Å². The van der Waals surface area contributed by atoms with Crippen molar-refractivity contribution in [2.45, 2.75) is 80.8 Å². The van der Waals surface area contributed by atoms with Crippen LogP contribution >= 0.6 is 35.0 Å². The summed E-state index contributed by atoms with van der Waals surface area (Å²) in [7, 11) is -4.16. The van der Waals surface area contributed by atoms with Gasteiger partial charge in [-0.2, -0.15) is 0 Å². The first kappa shape index (κ1) is 34.2. The maximum atomic E-state index is 14.3. The first-order valence-electron chi connectivity index (χ1n) is 14.8. The Labute approximate surface area is 275 Å². The van der Waals surface area contributed by atoms with Gasteiger partial charge in [0, 0.05) is 33.1 Å². The minimum atomic E-state index is -4.16. The van der Waals surface area contributed by atoms with Crippen LogP contribution in [0.4, 0.5) is 5.69 Å². The van der Waals surface area contributed by atoms with E-state index in [1.54, 1.807) is 66.7 Å². The van der Waals surface area contributed by atoms with Crippen LogP contribution < -0.4 is 9.62 Å². The van der Waals surface area contributed by atoms with Gasteiger partial charge < -0.3 is 10.2 Å². The van der Waals surface area contributed by atoms with Gasteiger partial charge in [-0.15, -0.1) is 11.8 Å². The normalized spacial score (nSPS) is 14.6. The third-order valence-electron chi connectivity index (χ3n) is 7.98. The number of thioether (sulfide) groups is 1. The zero-order valence-electron chi connectivity index (χ0n) is 25.3. The molecule has 0 saturated heterocycles. The molecule has 2 amide bonds. The average Bonchev–Trinajstić information content (AvgIpc) is 3.02. The molecule has 11 heteroatoms. The van der Waals surface area contributed by atoms with Crippen molar-refractivity contribution in [3.05, 3.63) is 87.9 Å². The topological polar surface area (TPSA) is 86.8 Å². The Kier molecular flexibility index (Phi) is 12.0. The van der Waals surface area contributed by atoms with Crippen LogP contribution in [-0.2, 0) is 26.2 Å². The number of hydrogen-bond acceptors (Lipinski definition) is 5. The molecular formula is C33H39Cl2N3O4S2. The lowest BCUT2D eigenvalue weighted by Gasteiger charge is -2.34. The van der Waals surface area contributed by atoms with Crippen molar-refractivity contribution < 1.29 is 18.0 Å². The first-order valence-corrected chi connectivity index (χ1v) is 18.2. The molecule has 0 spiro atoms. The predicted octanol–water partition coefficient (Wildman–Crippen LogP) is 7.48. The van der Waals surface area contributed by atoms with Crippen LogP contribution in [0.5, 0.6) is 0 Å².